The van der Waals surface area contributed by atoms with E-state index in [1.165, 1.54) is 12.5 Å². The summed E-state index contributed by atoms with van der Waals surface area (Å²) in [6, 6.07) is 5.03. The van der Waals surface area contributed by atoms with E-state index in [1.54, 1.807) is 6.07 Å². The second-order valence-electron chi connectivity index (χ2n) is 9.49. The van der Waals surface area contributed by atoms with Gasteiger partial charge in [0.15, 0.2) is 0 Å². The predicted octanol–water partition coefficient (Wildman–Crippen LogP) is 3.53. The lowest BCUT2D eigenvalue weighted by atomic mass is 9.97. The maximum absolute atomic E-state index is 15.0. The van der Waals surface area contributed by atoms with Crippen molar-refractivity contribution in [1.82, 2.24) is 20.5 Å². The number of alkyl halides is 1. The molecule has 0 amide bonds. The molecule has 2 fully saturated rings. The molecule has 3 aliphatic rings. The second-order valence-corrected chi connectivity index (χ2v) is 9.49. The highest BCUT2D eigenvalue weighted by Gasteiger charge is 2.38. The van der Waals surface area contributed by atoms with Crippen molar-refractivity contribution in [1.29, 1.82) is 0 Å². The van der Waals surface area contributed by atoms with E-state index >= 15 is 4.39 Å². The molecule has 5 atom stereocenters. The Morgan fingerprint density at radius 1 is 1.10 bits per heavy atom. The number of halogens is 2. The summed E-state index contributed by atoms with van der Waals surface area (Å²) in [6.45, 7) is 6.60. The highest BCUT2D eigenvalue weighted by atomic mass is 19.1. The van der Waals surface area contributed by atoms with Gasteiger partial charge >= 0.3 is 0 Å². The predicted molar refractivity (Wildman–Crippen MR) is 121 cm³/mol. The Morgan fingerprint density at radius 2 is 1.84 bits per heavy atom. The number of benzene rings is 1. The first kappa shape index (κ1) is 20.9. The van der Waals surface area contributed by atoms with Crippen molar-refractivity contribution < 1.29 is 8.78 Å². The molecule has 168 valence electrons. The molecule has 2 aromatic rings. The highest BCUT2D eigenvalue weighted by Crippen LogP contribution is 2.31. The number of aliphatic imine (C=N–C) groups is 1. The van der Waals surface area contributed by atoms with E-state index in [9.17, 15) is 4.39 Å². The van der Waals surface area contributed by atoms with E-state index in [0.29, 0.717) is 12.1 Å². The van der Waals surface area contributed by atoms with Crippen molar-refractivity contribution in [2.75, 3.05) is 19.6 Å². The van der Waals surface area contributed by atoms with Gasteiger partial charge in [-0.1, -0.05) is 0 Å². The SMILES string of the molecule is CC1N=C(c2[nH]c3cc(F)ccc3c2C[C@@H]2CCCN2)N(C[C@@H]2CCCN2)C(C)[C@H]1F. The fraction of sp³-hybridized carbons (Fsp3) is 0.625. The molecule has 1 aromatic carbocycles. The molecule has 4 heterocycles. The molecule has 5 rings (SSSR count). The Bertz CT molecular complexity index is 958. The number of amidine groups is 1. The summed E-state index contributed by atoms with van der Waals surface area (Å²) < 4.78 is 29.0. The van der Waals surface area contributed by atoms with Crippen LogP contribution >= 0.6 is 0 Å². The number of nitrogens with one attached hydrogen (secondary N) is 3. The van der Waals surface area contributed by atoms with Crippen LogP contribution in [0.3, 0.4) is 0 Å². The zero-order valence-electron chi connectivity index (χ0n) is 18.4. The minimum absolute atomic E-state index is 0.256. The van der Waals surface area contributed by atoms with Crippen LogP contribution in [0.25, 0.3) is 10.9 Å². The van der Waals surface area contributed by atoms with Gasteiger partial charge in [-0.3, -0.25) is 4.99 Å². The van der Waals surface area contributed by atoms with Gasteiger partial charge in [0.05, 0.1) is 17.8 Å². The number of aromatic amines is 1. The third kappa shape index (κ3) is 3.98. The Hall–Kier alpha value is -1.99. The molecule has 3 aliphatic heterocycles. The summed E-state index contributed by atoms with van der Waals surface area (Å²) in [5.41, 5.74) is 2.87. The number of hydrogen-bond acceptors (Lipinski definition) is 4. The molecule has 2 unspecified atom stereocenters. The molecule has 2 saturated heterocycles. The van der Waals surface area contributed by atoms with Crippen molar-refractivity contribution in [2.45, 2.75) is 76.3 Å². The lowest BCUT2D eigenvalue weighted by Gasteiger charge is -2.41. The Morgan fingerprint density at radius 3 is 2.55 bits per heavy atom. The Labute approximate surface area is 182 Å². The van der Waals surface area contributed by atoms with E-state index in [1.807, 2.05) is 19.9 Å². The maximum atomic E-state index is 15.0. The van der Waals surface area contributed by atoms with Gasteiger partial charge in [-0.2, -0.15) is 0 Å². The van der Waals surface area contributed by atoms with Crippen LogP contribution in [-0.2, 0) is 6.42 Å². The number of hydrogen-bond donors (Lipinski definition) is 3. The lowest BCUT2D eigenvalue weighted by molar-refractivity contribution is 0.140. The minimum atomic E-state index is -1.01. The summed E-state index contributed by atoms with van der Waals surface area (Å²) in [5.74, 6) is 0.571. The summed E-state index contributed by atoms with van der Waals surface area (Å²) >= 11 is 0. The average molecular weight is 430 g/mol. The minimum Gasteiger partial charge on any atom is -0.352 e. The fourth-order valence-electron chi connectivity index (χ4n) is 5.53. The van der Waals surface area contributed by atoms with Crippen LogP contribution in [0, 0.1) is 5.82 Å². The molecule has 0 saturated carbocycles. The average Bonchev–Trinajstić information content (AvgIpc) is 3.51. The van der Waals surface area contributed by atoms with Crippen LogP contribution < -0.4 is 10.6 Å². The molecule has 0 aliphatic carbocycles. The van der Waals surface area contributed by atoms with Crippen molar-refractivity contribution in [3.63, 3.8) is 0 Å². The van der Waals surface area contributed by atoms with Crippen LogP contribution in [-0.4, -0.2) is 65.7 Å². The van der Waals surface area contributed by atoms with E-state index in [4.69, 9.17) is 4.99 Å². The molecule has 5 nitrogen and oxygen atoms in total. The molecule has 1 aromatic heterocycles. The lowest BCUT2D eigenvalue weighted by Crippen LogP contribution is -2.55. The first-order valence-corrected chi connectivity index (χ1v) is 11.8. The largest absolute Gasteiger partial charge is 0.352 e. The molecule has 7 heteroatoms. The zero-order chi connectivity index (χ0) is 21.5. The Balaban J connectivity index is 1.59. The summed E-state index contributed by atoms with van der Waals surface area (Å²) in [6.07, 6.45) is 4.41. The first-order valence-electron chi connectivity index (χ1n) is 11.8. The van der Waals surface area contributed by atoms with Crippen LogP contribution in [0.1, 0.15) is 50.8 Å². The fourth-order valence-corrected chi connectivity index (χ4v) is 5.53. The van der Waals surface area contributed by atoms with Gasteiger partial charge in [0.25, 0.3) is 0 Å². The third-order valence-electron chi connectivity index (χ3n) is 7.30. The number of rotatable bonds is 5. The van der Waals surface area contributed by atoms with Crippen molar-refractivity contribution in [2.24, 2.45) is 4.99 Å². The molecule has 0 radical (unpaired) electrons. The molecular formula is C24H33F2N5. The number of fused-ring (bicyclic) bond motifs is 1. The third-order valence-corrected chi connectivity index (χ3v) is 7.30. The van der Waals surface area contributed by atoms with Crippen LogP contribution in [0.15, 0.2) is 23.2 Å². The van der Waals surface area contributed by atoms with E-state index in [0.717, 1.165) is 73.3 Å². The summed E-state index contributed by atoms with van der Waals surface area (Å²) in [4.78, 5) is 10.5. The number of aromatic nitrogens is 1. The van der Waals surface area contributed by atoms with Crippen LogP contribution in [0.5, 0.6) is 0 Å². The summed E-state index contributed by atoms with van der Waals surface area (Å²) in [5, 5.41) is 8.16. The highest BCUT2D eigenvalue weighted by molar-refractivity contribution is 6.04. The zero-order valence-corrected chi connectivity index (χ0v) is 18.4. The van der Waals surface area contributed by atoms with Crippen molar-refractivity contribution in [3.05, 3.63) is 35.3 Å². The van der Waals surface area contributed by atoms with E-state index in [-0.39, 0.29) is 11.9 Å². The topological polar surface area (TPSA) is 55.5 Å². The van der Waals surface area contributed by atoms with E-state index in [2.05, 4.69) is 20.5 Å². The van der Waals surface area contributed by atoms with Crippen molar-refractivity contribution >= 4 is 16.7 Å². The van der Waals surface area contributed by atoms with Gasteiger partial charge < -0.3 is 20.5 Å². The number of H-pyrrole nitrogens is 1. The normalized spacial score (nSPS) is 31.5. The Kier molecular flexibility index (Phi) is 5.73. The quantitative estimate of drug-likeness (QED) is 0.682. The van der Waals surface area contributed by atoms with Gasteiger partial charge in [0.1, 0.15) is 17.8 Å². The van der Waals surface area contributed by atoms with Crippen LogP contribution in [0.2, 0.25) is 0 Å². The van der Waals surface area contributed by atoms with Gasteiger partial charge in [0.2, 0.25) is 0 Å². The molecule has 3 N–H and O–H groups in total. The van der Waals surface area contributed by atoms with Gasteiger partial charge in [-0.15, -0.1) is 0 Å². The van der Waals surface area contributed by atoms with Gasteiger partial charge in [0, 0.05) is 29.5 Å². The second kappa shape index (κ2) is 8.51. The molecular weight excluding hydrogens is 396 g/mol. The maximum Gasteiger partial charge on any atom is 0.148 e. The van der Waals surface area contributed by atoms with Crippen LogP contribution in [0.4, 0.5) is 8.78 Å². The van der Waals surface area contributed by atoms with Crippen molar-refractivity contribution in [3.8, 4) is 0 Å². The first-order chi connectivity index (χ1) is 15.0. The molecule has 0 spiro atoms. The molecule has 31 heavy (non-hydrogen) atoms. The van der Waals surface area contributed by atoms with Gasteiger partial charge in [-0.05, 0) is 82.8 Å². The number of nitrogens with zero attached hydrogens (tertiary/aromatic N) is 2. The van der Waals surface area contributed by atoms with E-state index < -0.39 is 12.2 Å². The summed E-state index contributed by atoms with van der Waals surface area (Å²) in [7, 11) is 0. The van der Waals surface area contributed by atoms with Gasteiger partial charge in [-0.25, -0.2) is 8.78 Å². The molecule has 0 bridgehead atoms. The monoisotopic (exact) mass is 429 g/mol. The standard InChI is InChI=1S/C24H33F2N5/c1-14-22(26)15(2)31(13-18-6-4-10-28-18)24(29-14)23-20(12-17-5-3-9-27-17)19-8-7-16(25)11-21(19)30-23/h7-8,11,14-15,17-18,22,27-28,30H,3-6,9-10,12-13H2,1-2H3/t14?,15?,17-,18-,22-/m0/s1. The smallest absolute Gasteiger partial charge is 0.148 e.